The summed E-state index contributed by atoms with van der Waals surface area (Å²) in [5, 5.41) is 2.82. The Hall–Kier alpha value is -3.28. The Labute approximate surface area is 139 Å². The molecule has 0 aliphatic carbocycles. The van der Waals surface area contributed by atoms with E-state index in [9.17, 15) is 4.79 Å². The van der Waals surface area contributed by atoms with E-state index in [0.29, 0.717) is 23.0 Å². The molecule has 0 aliphatic heterocycles. The molecule has 0 saturated carbocycles. The molecule has 6 nitrogen and oxygen atoms in total. The van der Waals surface area contributed by atoms with Crippen molar-refractivity contribution < 1.29 is 9.53 Å². The number of aromatic nitrogens is 3. The first-order chi connectivity index (χ1) is 11.7. The molecule has 0 aliphatic rings. The summed E-state index contributed by atoms with van der Waals surface area (Å²) in [7, 11) is 1.55. The molecule has 2 heterocycles. The van der Waals surface area contributed by atoms with Crippen molar-refractivity contribution in [2.75, 3.05) is 12.4 Å². The average Bonchev–Trinajstić information content (AvgIpc) is 2.64. The highest BCUT2D eigenvalue weighted by atomic mass is 16.5. The van der Waals surface area contributed by atoms with Crippen LogP contribution in [-0.2, 0) is 0 Å². The maximum absolute atomic E-state index is 12.4. The predicted molar refractivity (Wildman–Crippen MR) is 90.9 cm³/mol. The fraction of sp³-hybridized carbons (Fsp3) is 0.111. The Balaban J connectivity index is 1.84. The molecular formula is C18H16N4O2. The lowest BCUT2D eigenvalue weighted by molar-refractivity contribution is 0.102. The maximum Gasteiger partial charge on any atom is 0.255 e. The van der Waals surface area contributed by atoms with Crippen molar-refractivity contribution in [1.29, 1.82) is 0 Å². The highest BCUT2D eigenvalue weighted by molar-refractivity contribution is 6.04. The molecule has 0 spiro atoms. The first-order valence-corrected chi connectivity index (χ1v) is 7.37. The monoisotopic (exact) mass is 320 g/mol. The zero-order valence-electron chi connectivity index (χ0n) is 13.4. The van der Waals surface area contributed by atoms with Gasteiger partial charge in [-0.25, -0.2) is 4.98 Å². The summed E-state index contributed by atoms with van der Waals surface area (Å²) in [5.74, 6) is 0.756. The van der Waals surface area contributed by atoms with E-state index in [1.807, 2.05) is 25.1 Å². The van der Waals surface area contributed by atoms with Gasteiger partial charge in [-0.2, -0.15) is 4.98 Å². The number of hydrogen-bond donors (Lipinski definition) is 1. The Morgan fingerprint density at radius 2 is 2.00 bits per heavy atom. The van der Waals surface area contributed by atoms with Gasteiger partial charge in [-0.1, -0.05) is 12.1 Å². The summed E-state index contributed by atoms with van der Waals surface area (Å²) in [4.78, 5) is 25.1. The van der Waals surface area contributed by atoms with Crippen LogP contribution in [0.2, 0.25) is 0 Å². The summed E-state index contributed by atoms with van der Waals surface area (Å²) >= 11 is 0. The van der Waals surface area contributed by atoms with Crippen LogP contribution in [0.3, 0.4) is 0 Å². The van der Waals surface area contributed by atoms with E-state index in [2.05, 4.69) is 20.3 Å². The third-order valence-electron chi connectivity index (χ3n) is 3.39. The molecular weight excluding hydrogens is 304 g/mol. The third kappa shape index (κ3) is 3.55. The molecule has 0 radical (unpaired) electrons. The van der Waals surface area contributed by atoms with Crippen LogP contribution >= 0.6 is 0 Å². The lowest BCUT2D eigenvalue weighted by Crippen LogP contribution is -2.12. The van der Waals surface area contributed by atoms with Crippen LogP contribution in [0, 0.1) is 6.92 Å². The van der Waals surface area contributed by atoms with E-state index in [0.717, 1.165) is 11.3 Å². The van der Waals surface area contributed by atoms with Crippen LogP contribution in [0.25, 0.3) is 11.4 Å². The molecule has 0 saturated heterocycles. The molecule has 24 heavy (non-hydrogen) atoms. The Kier molecular flexibility index (Phi) is 4.47. The zero-order valence-corrected chi connectivity index (χ0v) is 13.4. The van der Waals surface area contributed by atoms with Crippen molar-refractivity contribution >= 4 is 11.6 Å². The topological polar surface area (TPSA) is 77.0 Å². The molecule has 1 aromatic carbocycles. The maximum atomic E-state index is 12.4. The standard InChI is InChI=1S/C18H16N4O2/c1-12-6-7-15(11-20-12)21-18(23)14-5-3-4-13(10-14)17-19-9-8-16(22-17)24-2/h3-11H,1-2H3,(H,21,23). The fourth-order valence-electron chi connectivity index (χ4n) is 2.14. The minimum absolute atomic E-state index is 0.217. The van der Waals surface area contributed by atoms with Gasteiger partial charge in [0.1, 0.15) is 0 Å². The Bertz CT molecular complexity index is 863. The predicted octanol–water partition coefficient (Wildman–Crippen LogP) is 3.11. The number of nitrogens with zero attached hydrogens (tertiary/aromatic N) is 3. The van der Waals surface area contributed by atoms with Crippen molar-refractivity contribution in [3.63, 3.8) is 0 Å². The molecule has 120 valence electrons. The van der Waals surface area contributed by atoms with Gasteiger partial charge in [-0.15, -0.1) is 0 Å². The van der Waals surface area contributed by atoms with E-state index in [1.54, 1.807) is 43.8 Å². The lowest BCUT2D eigenvalue weighted by atomic mass is 10.1. The van der Waals surface area contributed by atoms with Gasteiger partial charge in [0.15, 0.2) is 5.82 Å². The first kappa shape index (κ1) is 15.6. The van der Waals surface area contributed by atoms with Crippen molar-refractivity contribution in [1.82, 2.24) is 15.0 Å². The second-order valence-corrected chi connectivity index (χ2v) is 5.15. The average molecular weight is 320 g/mol. The summed E-state index contributed by atoms with van der Waals surface area (Å²) in [5.41, 5.74) is 2.79. The molecule has 2 aromatic heterocycles. The highest BCUT2D eigenvalue weighted by Gasteiger charge is 2.09. The van der Waals surface area contributed by atoms with E-state index >= 15 is 0 Å². The number of ether oxygens (including phenoxy) is 1. The van der Waals surface area contributed by atoms with Crippen LogP contribution in [0.15, 0.2) is 54.9 Å². The van der Waals surface area contributed by atoms with E-state index in [4.69, 9.17) is 4.74 Å². The molecule has 1 amide bonds. The van der Waals surface area contributed by atoms with Crippen molar-refractivity contribution in [3.8, 4) is 17.3 Å². The van der Waals surface area contributed by atoms with E-state index in [1.165, 1.54) is 0 Å². The van der Waals surface area contributed by atoms with Gasteiger partial charge >= 0.3 is 0 Å². The SMILES string of the molecule is COc1ccnc(-c2cccc(C(=O)Nc3ccc(C)nc3)c2)n1. The van der Waals surface area contributed by atoms with Crippen molar-refractivity contribution in [2.24, 2.45) is 0 Å². The molecule has 0 atom stereocenters. The smallest absolute Gasteiger partial charge is 0.255 e. The number of benzene rings is 1. The number of aryl methyl sites for hydroxylation is 1. The summed E-state index contributed by atoms with van der Waals surface area (Å²) < 4.78 is 5.11. The number of hydrogen-bond acceptors (Lipinski definition) is 5. The molecule has 3 rings (SSSR count). The van der Waals surface area contributed by atoms with Crippen molar-refractivity contribution in [2.45, 2.75) is 6.92 Å². The van der Waals surface area contributed by atoms with Gasteiger partial charge in [0.05, 0.1) is 19.0 Å². The number of amides is 1. The fourth-order valence-corrected chi connectivity index (χ4v) is 2.14. The van der Waals surface area contributed by atoms with Gasteiger partial charge in [-0.3, -0.25) is 9.78 Å². The van der Waals surface area contributed by atoms with Gasteiger partial charge in [0.25, 0.3) is 5.91 Å². The summed E-state index contributed by atoms with van der Waals surface area (Å²) in [6.07, 6.45) is 3.24. The van der Waals surface area contributed by atoms with E-state index in [-0.39, 0.29) is 5.91 Å². The largest absolute Gasteiger partial charge is 0.481 e. The molecule has 0 fully saturated rings. The van der Waals surface area contributed by atoms with Crippen LogP contribution in [0.1, 0.15) is 16.1 Å². The second kappa shape index (κ2) is 6.87. The highest BCUT2D eigenvalue weighted by Crippen LogP contribution is 2.19. The number of carbonyl (C=O) groups is 1. The Morgan fingerprint density at radius 1 is 1.12 bits per heavy atom. The molecule has 1 N–H and O–H groups in total. The number of methoxy groups -OCH3 is 1. The first-order valence-electron chi connectivity index (χ1n) is 7.37. The van der Waals surface area contributed by atoms with Crippen LogP contribution < -0.4 is 10.1 Å². The minimum Gasteiger partial charge on any atom is -0.481 e. The lowest BCUT2D eigenvalue weighted by Gasteiger charge is -2.07. The molecule has 0 bridgehead atoms. The van der Waals surface area contributed by atoms with Crippen molar-refractivity contribution in [3.05, 3.63) is 66.1 Å². The number of carbonyl (C=O) groups excluding carboxylic acids is 1. The Morgan fingerprint density at radius 3 is 2.75 bits per heavy atom. The number of anilines is 1. The zero-order chi connectivity index (χ0) is 16.9. The van der Waals surface area contributed by atoms with Gasteiger partial charge < -0.3 is 10.1 Å². The van der Waals surface area contributed by atoms with Gasteiger partial charge in [0, 0.05) is 29.1 Å². The molecule has 3 aromatic rings. The van der Waals surface area contributed by atoms with Crippen LogP contribution in [0.4, 0.5) is 5.69 Å². The second-order valence-electron chi connectivity index (χ2n) is 5.15. The number of nitrogens with one attached hydrogen (secondary N) is 1. The molecule has 0 unspecified atom stereocenters. The number of rotatable bonds is 4. The van der Waals surface area contributed by atoms with Gasteiger partial charge in [0.2, 0.25) is 5.88 Å². The number of pyridine rings is 1. The van der Waals surface area contributed by atoms with E-state index < -0.39 is 0 Å². The summed E-state index contributed by atoms with van der Waals surface area (Å²) in [6, 6.07) is 12.4. The molecule has 6 heteroatoms. The third-order valence-corrected chi connectivity index (χ3v) is 3.39. The van der Waals surface area contributed by atoms with Crippen LogP contribution in [-0.4, -0.2) is 28.0 Å². The normalized spacial score (nSPS) is 10.2. The van der Waals surface area contributed by atoms with Gasteiger partial charge in [-0.05, 0) is 31.2 Å². The minimum atomic E-state index is -0.217. The summed E-state index contributed by atoms with van der Waals surface area (Å²) in [6.45, 7) is 1.89. The van der Waals surface area contributed by atoms with Crippen LogP contribution in [0.5, 0.6) is 5.88 Å². The quantitative estimate of drug-likeness (QED) is 0.799.